The summed E-state index contributed by atoms with van der Waals surface area (Å²) in [5.74, 6) is 1.02. The van der Waals surface area contributed by atoms with E-state index in [0.29, 0.717) is 18.3 Å². The van der Waals surface area contributed by atoms with Crippen LogP contribution in [0.2, 0.25) is 0 Å². The largest absolute Gasteiger partial charge is 0.416 e. The van der Waals surface area contributed by atoms with Gasteiger partial charge in [0.2, 0.25) is 5.95 Å². The smallest absolute Gasteiger partial charge is 0.391 e. The zero-order chi connectivity index (χ0) is 18.7. The predicted molar refractivity (Wildman–Crippen MR) is 93.0 cm³/mol. The summed E-state index contributed by atoms with van der Waals surface area (Å²) in [4.78, 5) is 12.2. The maximum Gasteiger partial charge on any atom is 0.416 e. The average molecular weight is 366 g/mol. The van der Waals surface area contributed by atoms with Crippen molar-refractivity contribution in [2.45, 2.75) is 31.7 Å². The van der Waals surface area contributed by atoms with Crippen LogP contribution >= 0.6 is 0 Å². The van der Waals surface area contributed by atoms with E-state index in [1.807, 2.05) is 4.90 Å². The lowest BCUT2D eigenvalue weighted by molar-refractivity contribution is -0.138. The number of nitrogens with zero attached hydrogens (tertiary/aromatic N) is 4. The number of halogens is 3. The third-order valence-electron chi connectivity index (χ3n) is 4.42. The Kier molecular flexibility index (Phi) is 5.31. The molecular weight excluding hydrogens is 345 g/mol. The van der Waals surface area contributed by atoms with Crippen LogP contribution in [-0.4, -0.2) is 41.3 Å². The Balaban J connectivity index is 1.79. The fraction of sp³-hybridized carbons (Fsp3) is 0.444. The normalized spacial score (nSPS) is 18.0. The van der Waals surface area contributed by atoms with Gasteiger partial charge in [-0.05, 0) is 30.5 Å². The highest BCUT2D eigenvalue weighted by Crippen LogP contribution is 2.32. The van der Waals surface area contributed by atoms with E-state index in [0.717, 1.165) is 25.5 Å². The van der Waals surface area contributed by atoms with Gasteiger partial charge >= 0.3 is 6.18 Å². The van der Waals surface area contributed by atoms with E-state index in [-0.39, 0.29) is 12.1 Å². The summed E-state index contributed by atoms with van der Waals surface area (Å²) in [6.45, 7) is 1.33. The van der Waals surface area contributed by atoms with Crippen molar-refractivity contribution in [2.24, 2.45) is 0 Å². The Hall–Kier alpha value is -2.35. The van der Waals surface area contributed by atoms with Gasteiger partial charge in [0.05, 0.1) is 11.7 Å². The number of rotatable bonds is 4. The van der Waals surface area contributed by atoms with Crippen molar-refractivity contribution in [1.82, 2.24) is 9.97 Å². The second kappa shape index (κ2) is 7.49. The van der Waals surface area contributed by atoms with Gasteiger partial charge in [0.1, 0.15) is 5.82 Å². The molecule has 1 fully saturated rings. The van der Waals surface area contributed by atoms with Crippen LogP contribution in [0.1, 0.15) is 24.0 Å². The molecule has 3 rings (SSSR count). The second-order valence-corrected chi connectivity index (χ2v) is 6.47. The minimum Gasteiger partial charge on any atom is -0.391 e. The van der Waals surface area contributed by atoms with Crippen LogP contribution in [0.15, 0.2) is 36.5 Å². The summed E-state index contributed by atoms with van der Waals surface area (Å²) in [5, 5.41) is 9.82. The molecule has 0 spiro atoms. The lowest BCUT2D eigenvalue weighted by Gasteiger charge is -2.31. The van der Waals surface area contributed by atoms with Crippen LogP contribution in [0, 0.1) is 0 Å². The van der Waals surface area contributed by atoms with E-state index in [1.54, 1.807) is 30.3 Å². The van der Waals surface area contributed by atoms with Crippen molar-refractivity contribution in [3.8, 4) is 0 Å². The van der Waals surface area contributed by atoms with Gasteiger partial charge in [-0.2, -0.15) is 18.2 Å². The van der Waals surface area contributed by atoms with E-state index >= 15 is 0 Å². The van der Waals surface area contributed by atoms with Gasteiger partial charge in [0, 0.05) is 32.9 Å². The number of alkyl halides is 3. The number of benzene rings is 1. The predicted octanol–water partition coefficient (Wildman–Crippen LogP) is 3.09. The van der Waals surface area contributed by atoms with Crippen molar-refractivity contribution in [2.75, 3.05) is 29.9 Å². The van der Waals surface area contributed by atoms with E-state index in [1.165, 1.54) is 12.1 Å². The summed E-state index contributed by atoms with van der Waals surface area (Å²) in [6, 6.07) is 7.26. The molecule has 0 radical (unpaired) electrons. The second-order valence-electron chi connectivity index (χ2n) is 6.47. The van der Waals surface area contributed by atoms with Crippen LogP contribution in [0.5, 0.6) is 0 Å². The zero-order valence-electron chi connectivity index (χ0n) is 14.4. The molecule has 140 valence electrons. The highest BCUT2D eigenvalue weighted by atomic mass is 19.4. The summed E-state index contributed by atoms with van der Waals surface area (Å²) in [6.07, 6.45) is -1.56. The van der Waals surface area contributed by atoms with Gasteiger partial charge in [0.15, 0.2) is 0 Å². The van der Waals surface area contributed by atoms with Crippen molar-refractivity contribution >= 4 is 11.8 Å². The van der Waals surface area contributed by atoms with Gasteiger partial charge in [-0.15, -0.1) is 0 Å². The van der Waals surface area contributed by atoms with Gasteiger partial charge < -0.3 is 14.9 Å². The molecule has 1 aromatic heterocycles. The highest BCUT2D eigenvalue weighted by Gasteiger charge is 2.33. The monoisotopic (exact) mass is 366 g/mol. The Bertz CT molecular complexity index is 753. The van der Waals surface area contributed by atoms with Crippen LogP contribution in [0.25, 0.3) is 0 Å². The minimum atomic E-state index is -4.40. The molecule has 1 aromatic carbocycles. The number of β-amino-alcohol motifs (C(OH)–C–C–N with tert-alkyl or cyclic N) is 1. The molecule has 1 aliphatic rings. The average Bonchev–Trinajstić information content (AvgIpc) is 2.61. The first kappa shape index (κ1) is 18.4. The third kappa shape index (κ3) is 4.24. The topological polar surface area (TPSA) is 52.5 Å². The van der Waals surface area contributed by atoms with Gasteiger partial charge in [-0.1, -0.05) is 18.2 Å². The molecule has 0 bridgehead atoms. The SMILES string of the molecule is CN(Cc1ccccc1C(F)(F)F)c1nccc(N2CCCC(O)C2)n1. The van der Waals surface area contributed by atoms with Gasteiger partial charge in [0.25, 0.3) is 0 Å². The number of piperidine rings is 1. The first-order valence-corrected chi connectivity index (χ1v) is 8.47. The minimum absolute atomic E-state index is 0.0434. The number of aliphatic hydroxyl groups is 1. The van der Waals surface area contributed by atoms with Gasteiger partial charge in [-0.25, -0.2) is 4.98 Å². The maximum atomic E-state index is 13.2. The van der Waals surface area contributed by atoms with Gasteiger partial charge in [-0.3, -0.25) is 0 Å². The molecule has 1 aliphatic heterocycles. The molecule has 0 saturated carbocycles. The van der Waals surface area contributed by atoms with Crippen LogP contribution in [-0.2, 0) is 12.7 Å². The molecule has 1 saturated heterocycles. The molecule has 1 atom stereocenters. The molecule has 1 N–H and O–H groups in total. The number of hydrogen-bond acceptors (Lipinski definition) is 5. The fourth-order valence-corrected chi connectivity index (χ4v) is 3.12. The van der Waals surface area contributed by atoms with Crippen molar-refractivity contribution in [3.63, 3.8) is 0 Å². The van der Waals surface area contributed by atoms with E-state index in [2.05, 4.69) is 9.97 Å². The van der Waals surface area contributed by atoms with E-state index in [9.17, 15) is 18.3 Å². The molecule has 26 heavy (non-hydrogen) atoms. The zero-order valence-corrected chi connectivity index (χ0v) is 14.4. The molecule has 2 heterocycles. The first-order chi connectivity index (χ1) is 12.3. The molecule has 8 heteroatoms. The van der Waals surface area contributed by atoms with Crippen LogP contribution in [0.4, 0.5) is 24.9 Å². The third-order valence-corrected chi connectivity index (χ3v) is 4.42. The Morgan fingerprint density at radius 3 is 2.77 bits per heavy atom. The van der Waals surface area contributed by atoms with E-state index in [4.69, 9.17) is 0 Å². The number of aromatic nitrogens is 2. The lowest BCUT2D eigenvalue weighted by atomic mass is 10.1. The Morgan fingerprint density at radius 2 is 2.04 bits per heavy atom. The number of hydrogen-bond donors (Lipinski definition) is 1. The maximum absolute atomic E-state index is 13.2. The van der Waals surface area contributed by atoms with Crippen LogP contribution < -0.4 is 9.80 Å². The number of aliphatic hydroxyl groups excluding tert-OH is 1. The first-order valence-electron chi connectivity index (χ1n) is 8.47. The van der Waals surface area contributed by atoms with Crippen molar-refractivity contribution in [1.29, 1.82) is 0 Å². The van der Waals surface area contributed by atoms with Crippen LogP contribution in [0.3, 0.4) is 0 Å². The summed E-state index contributed by atoms with van der Waals surface area (Å²) in [5.41, 5.74) is -0.480. The molecular formula is C18H21F3N4O. The van der Waals surface area contributed by atoms with Crippen molar-refractivity contribution in [3.05, 3.63) is 47.7 Å². The summed E-state index contributed by atoms with van der Waals surface area (Å²) >= 11 is 0. The molecule has 0 amide bonds. The molecule has 0 aliphatic carbocycles. The lowest BCUT2D eigenvalue weighted by Crippen LogP contribution is -2.38. The molecule has 5 nitrogen and oxygen atoms in total. The Labute approximate surface area is 150 Å². The summed E-state index contributed by atoms with van der Waals surface area (Å²) in [7, 11) is 1.66. The van der Waals surface area contributed by atoms with Crippen molar-refractivity contribution < 1.29 is 18.3 Å². The summed E-state index contributed by atoms with van der Waals surface area (Å²) < 4.78 is 39.5. The molecule has 1 unspecified atom stereocenters. The fourth-order valence-electron chi connectivity index (χ4n) is 3.12. The quantitative estimate of drug-likeness (QED) is 0.901. The standard InChI is InChI=1S/C18H21F3N4O/c1-24(11-13-5-2-3-7-15(13)18(19,20)21)17-22-9-8-16(23-17)25-10-4-6-14(26)12-25/h2-3,5,7-9,14,26H,4,6,10-12H2,1H3. The Morgan fingerprint density at radius 1 is 1.27 bits per heavy atom. The number of anilines is 2. The molecule has 2 aromatic rings. The highest BCUT2D eigenvalue weighted by molar-refractivity contribution is 5.45. The van der Waals surface area contributed by atoms with E-state index < -0.39 is 17.8 Å².